The quantitative estimate of drug-likeness (QED) is 0.734. The number of aromatic nitrogens is 1. The molecule has 1 unspecified atom stereocenters. The highest BCUT2D eigenvalue weighted by Gasteiger charge is 2.29. The van der Waals surface area contributed by atoms with E-state index in [2.05, 4.69) is 15.6 Å². The van der Waals surface area contributed by atoms with Crippen LogP contribution < -0.4 is 10.6 Å². The third-order valence-corrected chi connectivity index (χ3v) is 4.73. The molecule has 7 heteroatoms. The first-order valence-corrected chi connectivity index (χ1v) is 9.24. The number of thiazole rings is 1. The number of hydrogen-bond acceptors (Lipinski definition) is 6. The van der Waals surface area contributed by atoms with Crippen molar-refractivity contribution in [1.82, 2.24) is 4.98 Å². The second-order valence-electron chi connectivity index (χ2n) is 6.01. The lowest BCUT2D eigenvalue weighted by atomic mass is 10.1. The Labute approximate surface area is 150 Å². The number of carbonyl (C=O) groups is 2. The van der Waals surface area contributed by atoms with Gasteiger partial charge in [-0.25, -0.2) is 9.78 Å². The lowest BCUT2D eigenvalue weighted by Gasteiger charge is -2.14. The first kappa shape index (κ1) is 17.4. The number of benzene rings is 1. The Morgan fingerprint density at radius 2 is 2.04 bits per heavy atom. The predicted molar refractivity (Wildman–Crippen MR) is 97.9 cm³/mol. The van der Waals surface area contributed by atoms with Crippen molar-refractivity contribution in [1.29, 1.82) is 0 Å². The number of esters is 1. The van der Waals surface area contributed by atoms with Crippen LogP contribution in [0.3, 0.4) is 0 Å². The minimum Gasteiger partial charge on any atom is -0.461 e. The van der Waals surface area contributed by atoms with E-state index in [0.29, 0.717) is 17.4 Å². The molecule has 1 aromatic carbocycles. The molecule has 1 aliphatic rings. The summed E-state index contributed by atoms with van der Waals surface area (Å²) in [7, 11) is 0. The molecular formula is C18H21N3O3S. The minimum absolute atomic E-state index is 0.0226. The maximum absolute atomic E-state index is 11.8. The molecule has 0 spiro atoms. The average Bonchev–Trinajstić information content (AvgIpc) is 3.35. The van der Waals surface area contributed by atoms with Gasteiger partial charge < -0.3 is 15.4 Å². The summed E-state index contributed by atoms with van der Waals surface area (Å²) in [6.07, 6.45) is 1.99. The number of hydrogen-bond donors (Lipinski definition) is 2. The van der Waals surface area contributed by atoms with Gasteiger partial charge in [-0.15, -0.1) is 11.3 Å². The molecule has 1 saturated carbocycles. The van der Waals surface area contributed by atoms with Crippen LogP contribution in [-0.2, 0) is 9.53 Å². The van der Waals surface area contributed by atoms with Crippen molar-refractivity contribution >= 4 is 34.0 Å². The zero-order chi connectivity index (χ0) is 17.8. The molecule has 2 N–H and O–H groups in total. The number of nitrogens with one attached hydrogen (secondary N) is 2. The maximum Gasteiger partial charge on any atom is 0.357 e. The fraction of sp³-hybridized carbons (Fsp3) is 0.389. The second-order valence-corrected chi connectivity index (χ2v) is 6.87. The summed E-state index contributed by atoms with van der Waals surface area (Å²) in [5, 5.41) is 8.56. The van der Waals surface area contributed by atoms with Gasteiger partial charge in [0.2, 0.25) is 5.91 Å². The molecule has 1 aliphatic carbocycles. The van der Waals surface area contributed by atoms with Gasteiger partial charge in [0.1, 0.15) is 0 Å². The standard InChI is InChI=1S/C18H21N3O3S/c1-3-24-17(23)15-10-25-18(21-15)19-11(2)12-6-8-14(9-7-12)20-16(22)13-4-5-13/h6-11,13H,3-5H2,1-2H3,(H,19,21)(H,20,22). The fourth-order valence-corrected chi connectivity index (χ4v) is 3.12. The van der Waals surface area contributed by atoms with Crippen LogP contribution in [0.25, 0.3) is 0 Å². The van der Waals surface area contributed by atoms with E-state index >= 15 is 0 Å². The van der Waals surface area contributed by atoms with E-state index in [9.17, 15) is 9.59 Å². The van der Waals surface area contributed by atoms with Crippen molar-refractivity contribution in [2.45, 2.75) is 32.7 Å². The van der Waals surface area contributed by atoms with Gasteiger partial charge in [-0.05, 0) is 44.4 Å². The lowest BCUT2D eigenvalue weighted by molar-refractivity contribution is -0.117. The molecule has 2 aromatic rings. The molecule has 1 atom stereocenters. The topological polar surface area (TPSA) is 80.3 Å². The second kappa shape index (κ2) is 7.65. The smallest absolute Gasteiger partial charge is 0.357 e. The number of ether oxygens (including phenoxy) is 1. The molecule has 132 valence electrons. The van der Waals surface area contributed by atoms with Crippen molar-refractivity contribution in [2.75, 3.05) is 17.2 Å². The van der Waals surface area contributed by atoms with Crippen LogP contribution in [0.4, 0.5) is 10.8 Å². The summed E-state index contributed by atoms with van der Waals surface area (Å²) >= 11 is 1.37. The van der Waals surface area contributed by atoms with Crippen LogP contribution in [0.15, 0.2) is 29.6 Å². The molecule has 0 aliphatic heterocycles. The Morgan fingerprint density at radius 3 is 2.68 bits per heavy atom. The van der Waals surface area contributed by atoms with Gasteiger partial charge in [0.25, 0.3) is 0 Å². The molecule has 0 bridgehead atoms. The number of carbonyl (C=O) groups excluding carboxylic acids is 2. The van der Waals surface area contributed by atoms with E-state index in [1.807, 2.05) is 31.2 Å². The van der Waals surface area contributed by atoms with Crippen LogP contribution in [0.1, 0.15) is 48.8 Å². The van der Waals surface area contributed by atoms with Crippen molar-refractivity contribution in [2.24, 2.45) is 5.92 Å². The summed E-state index contributed by atoms with van der Waals surface area (Å²) in [4.78, 5) is 27.7. The van der Waals surface area contributed by atoms with Crippen molar-refractivity contribution < 1.29 is 14.3 Å². The van der Waals surface area contributed by atoms with Crippen LogP contribution >= 0.6 is 11.3 Å². The van der Waals surface area contributed by atoms with E-state index in [1.54, 1.807) is 12.3 Å². The van der Waals surface area contributed by atoms with Crippen LogP contribution in [0, 0.1) is 5.92 Å². The molecule has 1 heterocycles. The summed E-state index contributed by atoms with van der Waals surface area (Å²) in [5.41, 5.74) is 2.20. The van der Waals surface area contributed by atoms with E-state index in [0.717, 1.165) is 24.1 Å². The van der Waals surface area contributed by atoms with Gasteiger partial charge in [0.05, 0.1) is 12.6 Å². The van der Waals surface area contributed by atoms with Crippen molar-refractivity contribution in [3.05, 3.63) is 40.9 Å². The van der Waals surface area contributed by atoms with Crippen molar-refractivity contribution in [3.8, 4) is 0 Å². The van der Waals surface area contributed by atoms with Gasteiger partial charge in [-0.2, -0.15) is 0 Å². The zero-order valence-electron chi connectivity index (χ0n) is 14.2. The molecule has 0 saturated heterocycles. The Balaban J connectivity index is 1.58. The fourth-order valence-electron chi connectivity index (χ4n) is 2.35. The molecule has 3 rings (SSSR count). The summed E-state index contributed by atoms with van der Waals surface area (Å²) in [6, 6.07) is 7.77. The first-order valence-electron chi connectivity index (χ1n) is 8.37. The van der Waals surface area contributed by atoms with Gasteiger partial charge in [0.15, 0.2) is 10.8 Å². The summed E-state index contributed by atoms with van der Waals surface area (Å²) in [6.45, 7) is 4.12. The zero-order valence-corrected chi connectivity index (χ0v) is 15.1. The molecular weight excluding hydrogens is 338 g/mol. The Hall–Kier alpha value is -2.41. The number of nitrogens with zero attached hydrogens (tertiary/aromatic N) is 1. The molecule has 1 fully saturated rings. The number of anilines is 2. The predicted octanol–water partition coefficient (Wildman–Crippen LogP) is 3.84. The lowest BCUT2D eigenvalue weighted by Crippen LogP contribution is -2.13. The van der Waals surface area contributed by atoms with Crippen LogP contribution in [-0.4, -0.2) is 23.5 Å². The van der Waals surface area contributed by atoms with Gasteiger partial charge in [-0.1, -0.05) is 12.1 Å². The highest BCUT2D eigenvalue weighted by molar-refractivity contribution is 7.13. The van der Waals surface area contributed by atoms with E-state index in [1.165, 1.54) is 11.3 Å². The molecule has 25 heavy (non-hydrogen) atoms. The molecule has 1 amide bonds. The first-order chi connectivity index (χ1) is 12.1. The third kappa shape index (κ3) is 4.57. The van der Waals surface area contributed by atoms with Crippen LogP contribution in [0.5, 0.6) is 0 Å². The Kier molecular flexibility index (Phi) is 5.33. The summed E-state index contributed by atoms with van der Waals surface area (Å²) in [5.74, 6) is -0.109. The van der Waals surface area contributed by atoms with E-state index in [-0.39, 0.29) is 17.9 Å². The van der Waals surface area contributed by atoms with Gasteiger partial charge in [-0.3, -0.25) is 4.79 Å². The normalized spacial score (nSPS) is 14.6. The SMILES string of the molecule is CCOC(=O)c1csc(NC(C)c2ccc(NC(=O)C3CC3)cc2)n1. The molecule has 0 radical (unpaired) electrons. The van der Waals surface area contributed by atoms with Gasteiger partial charge in [0, 0.05) is 17.0 Å². The highest BCUT2D eigenvalue weighted by Crippen LogP contribution is 2.30. The molecule has 1 aromatic heterocycles. The number of rotatable bonds is 7. The van der Waals surface area contributed by atoms with E-state index in [4.69, 9.17) is 4.74 Å². The third-order valence-electron chi connectivity index (χ3n) is 3.96. The maximum atomic E-state index is 11.8. The Morgan fingerprint density at radius 1 is 1.32 bits per heavy atom. The van der Waals surface area contributed by atoms with E-state index < -0.39 is 5.97 Å². The molecule has 6 nitrogen and oxygen atoms in total. The number of amides is 1. The summed E-state index contributed by atoms with van der Waals surface area (Å²) < 4.78 is 4.94. The highest BCUT2D eigenvalue weighted by atomic mass is 32.1. The van der Waals surface area contributed by atoms with Crippen molar-refractivity contribution in [3.63, 3.8) is 0 Å². The largest absolute Gasteiger partial charge is 0.461 e. The average molecular weight is 359 g/mol. The van der Waals surface area contributed by atoms with Crippen LogP contribution in [0.2, 0.25) is 0 Å². The minimum atomic E-state index is -0.407. The van der Waals surface area contributed by atoms with Gasteiger partial charge >= 0.3 is 5.97 Å². The monoisotopic (exact) mass is 359 g/mol. The Bertz CT molecular complexity index is 753.